The third-order valence-corrected chi connectivity index (χ3v) is 1.28. The molecule has 0 heterocycles. The number of hydrogen-bond acceptors (Lipinski definition) is 2. The zero-order chi connectivity index (χ0) is 7.49. The molecular weight excluding hydrogens is 112 g/mol. The SMILES string of the molecule is CNC(C#N)C(C)(C)C. The Hall–Kier alpha value is -0.550. The number of rotatable bonds is 1. The number of nitriles is 1. The molecule has 0 spiro atoms. The largest absolute Gasteiger partial charge is 0.305 e. The lowest BCUT2D eigenvalue weighted by Gasteiger charge is -2.23. The van der Waals surface area contributed by atoms with Crippen LogP contribution in [0.25, 0.3) is 0 Å². The first kappa shape index (κ1) is 8.45. The second-order valence-corrected chi connectivity index (χ2v) is 3.22. The predicted octanol–water partition coefficient (Wildman–Crippen LogP) is 1.14. The van der Waals surface area contributed by atoms with Crippen molar-refractivity contribution >= 4 is 0 Å². The molecule has 0 radical (unpaired) electrons. The molecule has 1 N–H and O–H groups in total. The molecule has 0 aliphatic heterocycles. The van der Waals surface area contributed by atoms with Gasteiger partial charge in [0, 0.05) is 0 Å². The van der Waals surface area contributed by atoms with Gasteiger partial charge in [-0.05, 0) is 12.5 Å². The van der Waals surface area contributed by atoms with Crippen LogP contribution in [0.15, 0.2) is 0 Å². The van der Waals surface area contributed by atoms with Crippen LogP contribution in [0.2, 0.25) is 0 Å². The van der Waals surface area contributed by atoms with Crippen molar-refractivity contribution in [2.45, 2.75) is 26.8 Å². The Bertz CT molecular complexity index is 116. The Kier molecular flexibility index (Phi) is 2.66. The molecule has 0 amide bonds. The molecule has 0 aromatic carbocycles. The maximum atomic E-state index is 8.55. The van der Waals surface area contributed by atoms with Crippen LogP contribution in [-0.4, -0.2) is 13.1 Å². The lowest BCUT2D eigenvalue weighted by atomic mass is 9.88. The number of hydrogen-bond donors (Lipinski definition) is 1. The zero-order valence-electron chi connectivity index (χ0n) is 6.52. The number of nitrogens with one attached hydrogen (secondary N) is 1. The van der Waals surface area contributed by atoms with E-state index in [2.05, 4.69) is 11.4 Å². The van der Waals surface area contributed by atoms with Gasteiger partial charge in [-0.25, -0.2) is 0 Å². The van der Waals surface area contributed by atoms with E-state index < -0.39 is 0 Å². The Balaban J connectivity index is 4.00. The molecule has 9 heavy (non-hydrogen) atoms. The van der Waals surface area contributed by atoms with E-state index in [0.717, 1.165) is 0 Å². The molecule has 52 valence electrons. The molecule has 2 nitrogen and oxygen atoms in total. The fraction of sp³-hybridized carbons (Fsp3) is 0.857. The van der Waals surface area contributed by atoms with E-state index in [1.54, 1.807) is 7.05 Å². The molecule has 2 heteroatoms. The van der Waals surface area contributed by atoms with Gasteiger partial charge in [-0.1, -0.05) is 20.8 Å². The maximum Gasteiger partial charge on any atom is 0.0999 e. The van der Waals surface area contributed by atoms with Crippen LogP contribution >= 0.6 is 0 Å². The van der Waals surface area contributed by atoms with E-state index in [1.165, 1.54) is 0 Å². The van der Waals surface area contributed by atoms with E-state index >= 15 is 0 Å². The van der Waals surface area contributed by atoms with Gasteiger partial charge in [0.2, 0.25) is 0 Å². The quantitative estimate of drug-likeness (QED) is 0.572. The summed E-state index contributed by atoms with van der Waals surface area (Å²) < 4.78 is 0. The van der Waals surface area contributed by atoms with Crippen molar-refractivity contribution in [3.63, 3.8) is 0 Å². The highest BCUT2D eigenvalue weighted by Gasteiger charge is 2.21. The molecule has 1 unspecified atom stereocenters. The fourth-order valence-electron chi connectivity index (χ4n) is 0.691. The van der Waals surface area contributed by atoms with Crippen molar-refractivity contribution in [2.24, 2.45) is 5.41 Å². The summed E-state index contributed by atoms with van der Waals surface area (Å²) >= 11 is 0. The summed E-state index contributed by atoms with van der Waals surface area (Å²) in [4.78, 5) is 0. The second-order valence-electron chi connectivity index (χ2n) is 3.22. The number of nitrogens with zero attached hydrogens (tertiary/aromatic N) is 1. The standard InChI is InChI=1S/C7H14N2/c1-7(2,3)6(5-8)9-4/h6,9H,1-4H3. The molecule has 1 atom stereocenters. The normalized spacial score (nSPS) is 14.6. The van der Waals surface area contributed by atoms with Crippen LogP contribution in [0.1, 0.15) is 20.8 Å². The molecule has 0 bridgehead atoms. The Morgan fingerprint density at radius 3 is 1.89 bits per heavy atom. The Morgan fingerprint density at radius 2 is 1.89 bits per heavy atom. The molecule has 0 fully saturated rings. The van der Waals surface area contributed by atoms with E-state index in [4.69, 9.17) is 5.26 Å². The van der Waals surface area contributed by atoms with Gasteiger partial charge < -0.3 is 5.32 Å². The minimum atomic E-state index is -0.0440. The summed E-state index contributed by atoms with van der Waals surface area (Å²) in [7, 11) is 1.80. The van der Waals surface area contributed by atoms with Gasteiger partial charge in [0.15, 0.2) is 0 Å². The highest BCUT2D eigenvalue weighted by Crippen LogP contribution is 2.17. The van der Waals surface area contributed by atoms with E-state index in [0.29, 0.717) is 0 Å². The molecule has 0 aromatic rings. The summed E-state index contributed by atoms with van der Waals surface area (Å²) in [6, 6.07) is 2.14. The van der Waals surface area contributed by atoms with Crippen molar-refractivity contribution in [3.05, 3.63) is 0 Å². The van der Waals surface area contributed by atoms with Gasteiger partial charge in [-0.3, -0.25) is 0 Å². The Labute approximate surface area is 56.9 Å². The summed E-state index contributed by atoms with van der Waals surface area (Å²) in [5.41, 5.74) is 0.0451. The zero-order valence-corrected chi connectivity index (χ0v) is 6.52. The van der Waals surface area contributed by atoms with Gasteiger partial charge >= 0.3 is 0 Å². The molecule has 0 saturated heterocycles. The topological polar surface area (TPSA) is 35.8 Å². The van der Waals surface area contributed by atoms with Crippen LogP contribution in [0, 0.1) is 16.7 Å². The summed E-state index contributed by atoms with van der Waals surface area (Å²) in [5.74, 6) is 0. The smallest absolute Gasteiger partial charge is 0.0999 e. The predicted molar refractivity (Wildman–Crippen MR) is 37.9 cm³/mol. The van der Waals surface area contributed by atoms with Crippen LogP contribution < -0.4 is 5.32 Å². The van der Waals surface area contributed by atoms with E-state index in [1.807, 2.05) is 20.8 Å². The monoisotopic (exact) mass is 126 g/mol. The summed E-state index contributed by atoms with van der Waals surface area (Å²) in [6.45, 7) is 6.12. The van der Waals surface area contributed by atoms with Gasteiger partial charge in [0.1, 0.15) is 0 Å². The van der Waals surface area contributed by atoms with Crippen LogP contribution in [0.3, 0.4) is 0 Å². The average Bonchev–Trinajstić information content (AvgIpc) is 1.65. The van der Waals surface area contributed by atoms with Gasteiger partial charge in [0.25, 0.3) is 0 Å². The lowest BCUT2D eigenvalue weighted by molar-refractivity contribution is 0.335. The summed E-state index contributed by atoms with van der Waals surface area (Å²) in [5, 5.41) is 11.5. The van der Waals surface area contributed by atoms with E-state index in [-0.39, 0.29) is 11.5 Å². The third-order valence-electron chi connectivity index (χ3n) is 1.28. The first-order valence-electron chi connectivity index (χ1n) is 3.09. The highest BCUT2D eigenvalue weighted by atomic mass is 14.9. The van der Waals surface area contributed by atoms with Crippen molar-refractivity contribution in [1.29, 1.82) is 5.26 Å². The maximum absolute atomic E-state index is 8.55. The van der Waals surface area contributed by atoms with Gasteiger partial charge in [-0.2, -0.15) is 5.26 Å². The van der Waals surface area contributed by atoms with Crippen LogP contribution in [0.4, 0.5) is 0 Å². The van der Waals surface area contributed by atoms with Gasteiger partial charge in [-0.15, -0.1) is 0 Å². The minimum Gasteiger partial charge on any atom is -0.305 e. The minimum absolute atomic E-state index is 0.0440. The van der Waals surface area contributed by atoms with Gasteiger partial charge in [0.05, 0.1) is 12.1 Å². The second kappa shape index (κ2) is 2.84. The molecular formula is C7H14N2. The van der Waals surface area contributed by atoms with Crippen LogP contribution in [0.5, 0.6) is 0 Å². The molecule has 0 aliphatic carbocycles. The Morgan fingerprint density at radius 1 is 1.44 bits per heavy atom. The molecule has 0 saturated carbocycles. The molecule has 0 rings (SSSR count). The third kappa shape index (κ3) is 2.48. The van der Waals surface area contributed by atoms with Crippen molar-refractivity contribution in [2.75, 3.05) is 7.05 Å². The first-order chi connectivity index (χ1) is 4.02. The van der Waals surface area contributed by atoms with Crippen molar-refractivity contribution in [3.8, 4) is 6.07 Å². The van der Waals surface area contributed by atoms with Crippen LogP contribution in [-0.2, 0) is 0 Å². The van der Waals surface area contributed by atoms with Crippen molar-refractivity contribution < 1.29 is 0 Å². The van der Waals surface area contributed by atoms with E-state index in [9.17, 15) is 0 Å². The average molecular weight is 126 g/mol. The first-order valence-corrected chi connectivity index (χ1v) is 3.09. The molecule has 0 aromatic heterocycles. The fourth-order valence-corrected chi connectivity index (χ4v) is 0.691. The highest BCUT2D eigenvalue weighted by molar-refractivity contribution is 4.96. The molecule has 0 aliphatic rings. The lowest BCUT2D eigenvalue weighted by Crippen LogP contribution is -2.36. The summed E-state index contributed by atoms with van der Waals surface area (Å²) in [6.07, 6.45) is 0. The van der Waals surface area contributed by atoms with Crippen molar-refractivity contribution in [1.82, 2.24) is 5.32 Å².